The van der Waals surface area contributed by atoms with E-state index in [1.165, 1.54) is 0 Å². The molecule has 1 heterocycles. The lowest BCUT2D eigenvalue weighted by Gasteiger charge is -2.05. The number of hydrogen-bond acceptors (Lipinski definition) is 3. The number of carbonyl (C=O) groups is 1. The van der Waals surface area contributed by atoms with Crippen LogP contribution in [0.3, 0.4) is 0 Å². The zero-order valence-corrected chi connectivity index (χ0v) is 7.39. The van der Waals surface area contributed by atoms with Crippen molar-refractivity contribution in [1.29, 1.82) is 0 Å². The first kappa shape index (κ1) is 9.64. The Morgan fingerprint density at radius 1 is 1.58 bits per heavy atom. The summed E-state index contributed by atoms with van der Waals surface area (Å²) in [6.45, 7) is 0. The molecule has 0 amide bonds. The number of sulfone groups is 1. The summed E-state index contributed by atoms with van der Waals surface area (Å²) in [5, 5.41) is 0. The summed E-state index contributed by atoms with van der Waals surface area (Å²) < 4.78 is 34.3. The maximum Gasteiger partial charge on any atom is 0.155 e. The van der Waals surface area contributed by atoms with Crippen molar-refractivity contribution in [2.75, 3.05) is 11.5 Å². The predicted molar refractivity (Wildman–Crippen MR) is 42.3 cm³/mol. The molecule has 0 aromatic carbocycles. The van der Waals surface area contributed by atoms with E-state index < -0.39 is 16.0 Å². The first-order valence-corrected chi connectivity index (χ1v) is 5.65. The Hall–Kier alpha value is -0.450. The largest absolute Gasteiger partial charge is 0.300 e. The second-order valence-corrected chi connectivity index (χ2v) is 5.39. The lowest BCUT2D eigenvalue weighted by atomic mass is 10.0. The fraction of sp³-hybridized carbons (Fsp3) is 0.857. The van der Waals surface area contributed by atoms with Crippen LogP contribution in [-0.2, 0) is 14.6 Å². The van der Waals surface area contributed by atoms with Gasteiger partial charge in [-0.25, -0.2) is 12.8 Å². The summed E-state index contributed by atoms with van der Waals surface area (Å²) in [6, 6.07) is 0. The van der Waals surface area contributed by atoms with Gasteiger partial charge in [-0.05, 0) is 18.8 Å². The molecule has 0 aromatic rings. The monoisotopic (exact) mass is 194 g/mol. The van der Waals surface area contributed by atoms with Gasteiger partial charge >= 0.3 is 0 Å². The van der Waals surface area contributed by atoms with E-state index in [1.807, 2.05) is 0 Å². The maximum absolute atomic E-state index is 12.5. The highest BCUT2D eigenvalue weighted by molar-refractivity contribution is 7.91. The second kappa shape index (κ2) is 3.51. The number of hydrogen-bond donors (Lipinski definition) is 0. The fourth-order valence-electron chi connectivity index (χ4n) is 1.43. The fourth-order valence-corrected chi connectivity index (χ4v) is 3.31. The Bertz CT molecular complexity index is 260. The first-order chi connectivity index (χ1) is 5.53. The van der Waals surface area contributed by atoms with E-state index in [0.717, 1.165) is 0 Å². The molecule has 1 rings (SSSR count). The molecule has 0 spiro atoms. The predicted octanol–water partition coefficient (Wildman–Crippen LogP) is 0.348. The molecule has 1 aliphatic heterocycles. The minimum Gasteiger partial charge on any atom is -0.300 e. The van der Waals surface area contributed by atoms with Crippen LogP contribution in [0.5, 0.6) is 0 Å². The molecule has 1 saturated heterocycles. The Balaban J connectivity index is 2.43. The second-order valence-electron chi connectivity index (χ2n) is 3.16. The van der Waals surface area contributed by atoms with Crippen LogP contribution in [0.2, 0.25) is 0 Å². The van der Waals surface area contributed by atoms with Crippen LogP contribution in [0.15, 0.2) is 0 Å². The van der Waals surface area contributed by atoms with Crippen LogP contribution in [0, 0.1) is 5.92 Å². The Kier molecular flexibility index (Phi) is 2.82. The van der Waals surface area contributed by atoms with E-state index in [0.29, 0.717) is 6.42 Å². The van der Waals surface area contributed by atoms with E-state index in [4.69, 9.17) is 0 Å². The molecular weight excluding hydrogens is 183 g/mol. The summed E-state index contributed by atoms with van der Waals surface area (Å²) in [7, 11) is -2.93. The zero-order chi connectivity index (χ0) is 9.19. The molecule has 1 aliphatic rings. The van der Waals surface area contributed by atoms with Gasteiger partial charge in [0, 0.05) is 0 Å². The van der Waals surface area contributed by atoms with Crippen LogP contribution in [0.4, 0.5) is 4.39 Å². The number of rotatable bonds is 3. The molecule has 0 saturated carbocycles. The molecule has 70 valence electrons. The number of alkyl halides is 1. The van der Waals surface area contributed by atoms with Gasteiger partial charge in [0.05, 0.1) is 11.5 Å². The summed E-state index contributed by atoms with van der Waals surface area (Å²) in [6.07, 6.45) is -0.715. The Labute approximate surface area is 70.9 Å². The van der Waals surface area contributed by atoms with Gasteiger partial charge in [0.1, 0.15) is 0 Å². The zero-order valence-electron chi connectivity index (χ0n) is 6.57. The normalized spacial score (nSPS) is 29.9. The lowest BCUT2D eigenvalue weighted by molar-refractivity contribution is -0.112. The van der Waals surface area contributed by atoms with Gasteiger partial charge < -0.3 is 4.79 Å². The summed E-state index contributed by atoms with van der Waals surface area (Å²) in [5.74, 6) is 0.0278. The third-order valence-corrected chi connectivity index (χ3v) is 3.87. The van der Waals surface area contributed by atoms with Gasteiger partial charge in [0.15, 0.2) is 22.3 Å². The van der Waals surface area contributed by atoms with Crippen molar-refractivity contribution >= 4 is 16.1 Å². The van der Waals surface area contributed by atoms with Crippen LogP contribution < -0.4 is 0 Å². The van der Waals surface area contributed by atoms with Gasteiger partial charge in [0.25, 0.3) is 0 Å². The first-order valence-electron chi connectivity index (χ1n) is 3.83. The molecule has 0 aliphatic carbocycles. The van der Waals surface area contributed by atoms with Crippen LogP contribution in [0.1, 0.15) is 12.8 Å². The molecule has 2 atom stereocenters. The quantitative estimate of drug-likeness (QED) is 0.609. The van der Waals surface area contributed by atoms with Crippen molar-refractivity contribution in [2.24, 2.45) is 5.92 Å². The summed E-state index contributed by atoms with van der Waals surface area (Å²) >= 11 is 0. The third-order valence-electron chi connectivity index (χ3n) is 2.03. The minimum absolute atomic E-state index is 0.0429. The molecule has 2 unspecified atom stereocenters. The third kappa shape index (κ3) is 2.55. The standard InChI is InChI=1S/C7H11FO3S/c8-7(4-9)3-6-1-2-12(10,11)5-6/h4,6-7H,1-3,5H2. The highest BCUT2D eigenvalue weighted by atomic mass is 32.2. The maximum atomic E-state index is 12.5. The average molecular weight is 194 g/mol. The molecule has 0 aromatic heterocycles. The van der Waals surface area contributed by atoms with Crippen molar-refractivity contribution < 1.29 is 17.6 Å². The van der Waals surface area contributed by atoms with Crippen LogP contribution in [-0.4, -0.2) is 32.4 Å². The molecule has 1 fully saturated rings. The SMILES string of the molecule is O=CC(F)CC1CCS(=O)(=O)C1. The molecule has 0 bridgehead atoms. The number of carbonyl (C=O) groups excluding carboxylic acids is 1. The van der Waals surface area contributed by atoms with E-state index in [2.05, 4.69) is 0 Å². The van der Waals surface area contributed by atoms with Crippen LogP contribution >= 0.6 is 0 Å². The van der Waals surface area contributed by atoms with E-state index in [-0.39, 0.29) is 30.1 Å². The molecular formula is C7H11FO3S. The average Bonchev–Trinajstić information content (AvgIpc) is 2.30. The van der Waals surface area contributed by atoms with Crippen molar-refractivity contribution in [3.05, 3.63) is 0 Å². The van der Waals surface area contributed by atoms with Gasteiger partial charge in [-0.2, -0.15) is 0 Å². The van der Waals surface area contributed by atoms with Crippen LogP contribution in [0.25, 0.3) is 0 Å². The summed E-state index contributed by atoms with van der Waals surface area (Å²) in [4.78, 5) is 9.93. The molecule has 0 radical (unpaired) electrons. The van der Waals surface area contributed by atoms with Gasteiger partial charge in [0.2, 0.25) is 0 Å². The minimum atomic E-state index is -2.93. The smallest absolute Gasteiger partial charge is 0.155 e. The Morgan fingerprint density at radius 3 is 2.67 bits per heavy atom. The van der Waals surface area contributed by atoms with E-state index >= 15 is 0 Å². The lowest BCUT2D eigenvalue weighted by Crippen LogP contribution is -2.12. The van der Waals surface area contributed by atoms with Crippen molar-refractivity contribution in [3.63, 3.8) is 0 Å². The van der Waals surface area contributed by atoms with E-state index in [9.17, 15) is 17.6 Å². The van der Waals surface area contributed by atoms with Gasteiger partial charge in [-0.1, -0.05) is 0 Å². The molecule has 3 nitrogen and oxygen atoms in total. The highest BCUT2D eigenvalue weighted by Crippen LogP contribution is 2.23. The number of aldehydes is 1. The highest BCUT2D eigenvalue weighted by Gasteiger charge is 2.29. The van der Waals surface area contributed by atoms with Crippen molar-refractivity contribution in [2.45, 2.75) is 19.0 Å². The molecule has 12 heavy (non-hydrogen) atoms. The van der Waals surface area contributed by atoms with Gasteiger partial charge in [-0.15, -0.1) is 0 Å². The summed E-state index contributed by atoms with van der Waals surface area (Å²) in [5.41, 5.74) is 0. The van der Waals surface area contributed by atoms with Crippen molar-refractivity contribution in [3.8, 4) is 0 Å². The van der Waals surface area contributed by atoms with Gasteiger partial charge in [-0.3, -0.25) is 0 Å². The molecule has 5 heteroatoms. The molecule has 0 N–H and O–H groups in total. The number of halogens is 1. The van der Waals surface area contributed by atoms with Crippen molar-refractivity contribution in [1.82, 2.24) is 0 Å². The van der Waals surface area contributed by atoms with E-state index in [1.54, 1.807) is 0 Å². The topological polar surface area (TPSA) is 51.2 Å². The Morgan fingerprint density at radius 2 is 2.25 bits per heavy atom.